The van der Waals surface area contributed by atoms with Gasteiger partial charge in [-0.1, -0.05) is 27.2 Å². The zero-order valence-corrected chi connectivity index (χ0v) is 13.5. The number of anilines is 1. The molecule has 3 heteroatoms. The van der Waals surface area contributed by atoms with E-state index in [-0.39, 0.29) is 0 Å². The van der Waals surface area contributed by atoms with E-state index in [4.69, 9.17) is 4.98 Å². The van der Waals surface area contributed by atoms with E-state index in [0.29, 0.717) is 5.41 Å². The highest BCUT2D eigenvalue weighted by Crippen LogP contribution is 2.35. The van der Waals surface area contributed by atoms with Crippen LogP contribution in [0, 0.1) is 12.3 Å². The maximum Gasteiger partial charge on any atom is 0.131 e. The SMILES string of the molecule is CCNCc1cnc(N2CCC(C)(CC)CC2)c(C)c1. The molecule has 0 amide bonds. The summed E-state index contributed by atoms with van der Waals surface area (Å²) in [5.41, 5.74) is 3.12. The molecule has 3 nitrogen and oxygen atoms in total. The second kappa shape index (κ2) is 6.57. The first-order chi connectivity index (χ1) is 9.58. The zero-order chi connectivity index (χ0) is 14.6. The first-order valence-electron chi connectivity index (χ1n) is 7.99. The van der Waals surface area contributed by atoms with E-state index >= 15 is 0 Å². The summed E-state index contributed by atoms with van der Waals surface area (Å²) >= 11 is 0. The molecule has 1 aliphatic rings. The second-order valence-electron chi connectivity index (χ2n) is 6.42. The third-order valence-electron chi connectivity index (χ3n) is 4.81. The minimum absolute atomic E-state index is 0.537. The van der Waals surface area contributed by atoms with Crippen LogP contribution in [0.15, 0.2) is 12.3 Å². The number of hydrogen-bond acceptors (Lipinski definition) is 3. The Balaban J connectivity index is 2.03. The molecule has 1 saturated heterocycles. The van der Waals surface area contributed by atoms with Crippen molar-refractivity contribution in [2.45, 2.75) is 53.5 Å². The van der Waals surface area contributed by atoms with Crippen LogP contribution in [-0.4, -0.2) is 24.6 Å². The number of pyridine rings is 1. The predicted molar refractivity (Wildman–Crippen MR) is 86.2 cm³/mol. The Hall–Kier alpha value is -1.09. The van der Waals surface area contributed by atoms with Gasteiger partial charge in [-0.25, -0.2) is 4.98 Å². The molecule has 2 rings (SSSR count). The molecule has 0 bridgehead atoms. The van der Waals surface area contributed by atoms with Crippen molar-refractivity contribution in [2.24, 2.45) is 5.41 Å². The van der Waals surface area contributed by atoms with Gasteiger partial charge in [-0.3, -0.25) is 0 Å². The lowest BCUT2D eigenvalue weighted by Crippen LogP contribution is -2.39. The van der Waals surface area contributed by atoms with Crippen LogP contribution in [0.4, 0.5) is 5.82 Å². The fourth-order valence-electron chi connectivity index (χ4n) is 2.93. The van der Waals surface area contributed by atoms with Gasteiger partial charge < -0.3 is 10.2 Å². The Morgan fingerprint density at radius 1 is 1.30 bits per heavy atom. The summed E-state index contributed by atoms with van der Waals surface area (Å²) in [4.78, 5) is 7.18. The monoisotopic (exact) mass is 275 g/mol. The molecular weight excluding hydrogens is 246 g/mol. The smallest absolute Gasteiger partial charge is 0.131 e. The first-order valence-corrected chi connectivity index (χ1v) is 7.99. The number of hydrogen-bond donors (Lipinski definition) is 1. The highest BCUT2D eigenvalue weighted by molar-refractivity contribution is 5.47. The summed E-state index contributed by atoms with van der Waals surface area (Å²) in [6.45, 7) is 13.3. The summed E-state index contributed by atoms with van der Waals surface area (Å²) in [6, 6.07) is 2.28. The Morgan fingerprint density at radius 2 is 2.00 bits per heavy atom. The Labute approximate surface area is 123 Å². The molecule has 0 spiro atoms. The lowest BCUT2D eigenvalue weighted by Gasteiger charge is -2.40. The highest BCUT2D eigenvalue weighted by Gasteiger charge is 2.29. The van der Waals surface area contributed by atoms with Gasteiger partial charge in [0.05, 0.1) is 0 Å². The summed E-state index contributed by atoms with van der Waals surface area (Å²) in [6.07, 6.45) is 5.88. The van der Waals surface area contributed by atoms with Gasteiger partial charge in [0, 0.05) is 25.8 Å². The fraction of sp³-hybridized carbons (Fsp3) is 0.706. The van der Waals surface area contributed by atoms with Crippen LogP contribution >= 0.6 is 0 Å². The lowest BCUT2D eigenvalue weighted by molar-refractivity contribution is 0.237. The largest absolute Gasteiger partial charge is 0.356 e. The molecule has 1 N–H and O–H groups in total. The standard InChI is InChI=1S/C17H29N3/c1-5-17(4)7-9-20(10-8-17)16-14(3)11-15(13-19-16)12-18-6-2/h11,13,18H,5-10,12H2,1-4H3. The van der Waals surface area contributed by atoms with Crippen molar-refractivity contribution < 1.29 is 0 Å². The van der Waals surface area contributed by atoms with Gasteiger partial charge in [-0.05, 0) is 48.9 Å². The van der Waals surface area contributed by atoms with E-state index in [1.165, 1.54) is 36.2 Å². The molecule has 1 aromatic heterocycles. The number of aryl methyl sites for hydroxylation is 1. The minimum Gasteiger partial charge on any atom is -0.356 e. The van der Waals surface area contributed by atoms with Crippen molar-refractivity contribution in [3.05, 3.63) is 23.4 Å². The van der Waals surface area contributed by atoms with Crippen molar-refractivity contribution in [2.75, 3.05) is 24.5 Å². The van der Waals surface area contributed by atoms with Gasteiger partial charge in [0.1, 0.15) is 5.82 Å². The average molecular weight is 275 g/mol. The number of rotatable bonds is 5. The molecule has 1 aliphatic heterocycles. The Bertz CT molecular complexity index is 434. The molecule has 0 aliphatic carbocycles. The Kier molecular flexibility index (Phi) is 5.03. The van der Waals surface area contributed by atoms with Crippen molar-refractivity contribution in [1.82, 2.24) is 10.3 Å². The molecule has 1 aromatic rings. The van der Waals surface area contributed by atoms with Crippen LogP contribution in [0.25, 0.3) is 0 Å². The number of nitrogens with one attached hydrogen (secondary N) is 1. The van der Waals surface area contributed by atoms with E-state index in [1.807, 2.05) is 6.20 Å². The Morgan fingerprint density at radius 3 is 2.55 bits per heavy atom. The number of aromatic nitrogens is 1. The molecule has 0 saturated carbocycles. The third-order valence-corrected chi connectivity index (χ3v) is 4.81. The average Bonchev–Trinajstić information content (AvgIpc) is 2.46. The fourth-order valence-corrected chi connectivity index (χ4v) is 2.93. The van der Waals surface area contributed by atoms with Gasteiger partial charge in [0.2, 0.25) is 0 Å². The van der Waals surface area contributed by atoms with Crippen LogP contribution < -0.4 is 10.2 Å². The van der Waals surface area contributed by atoms with Crippen LogP contribution in [0.5, 0.6) is 0 Å². The summed E-state index contributed by atoms with van der Waals surface area (Å²) in [5.74, 6) is 1.18. The van der Waals surface area contributed by atoms with Crippen molar-refractivity contribution in [3.8, 4) is 0 Å². The van der Waals surface area contributed by atoms with Crippen molar-refractivity contribution in [3.63, 3.8) is 0 Å². The van der Waals surface area contributed by atoms with Crippen LogP contribution in [0.2, 0.25) is 0 Å². The number of nitrogens with zero attached hydrogens (tertiary/aromatic N) is 2. The van der Waals surface area contributed by atoms with Crippen LogP contribution in [0.1, 0.15) is 51.2 Å². The molecule has 20 heavy (non-hydrogen) atoms. The predicted octanol–water partition coefficient (Wildman–Crippen LogP) is 3.52. The molecule has 0 unspecified atom stereocenters. The van der Waals surface area contributed by atoms with Crippen LogP contribution in [0.3, 0.4) is 0 Å². The minimum atomic E-state index is 0.537. The van der Waals surface area contributed by atoms with E-state index in [1.54, 1.807) is 0 Å². The molecule has 2 heterocycles. The first kappa shape index (κ1) is 15.3. The summed E-state index contributed by atoms with van der Waals surface area (Å²) in [5, 5.41) is 3.36. The lowest BCUT2D eigenvalue weighted by atomic mass is 9.78. The normalized spacial score (nSPS) is 18.3. The van der Waals surface area contributed by atoms with E-state index in [0.717, 1.165) is 26.2 Å². The molecule has 0 radical (unpaired) electrons. The number of piperidine rings is 1. The molecular formula is C17H29N3. The van der Waals surface area contributed by atoms with Crippen LogP contribution in [-0.2, 0) is 6.54 Å². The quantitative estimate of drug-likeness (QED) is 0.891. The van der Waals surface area contributed by atoms with Gasteiger partial charge in [0.25, 0.3) is 0 Å². The van der Waals surface area contributed by atoms with Gasteiger partial charge >= 0.3 is 0 Å². The maximum absolute atomic E-state index is 4.71. The third kappa shape index (κ3) is 3.51. The topological polar surface area (TPSA) is 28.2 Å². The zero-order valence-electron chi connectivity index (χ0n) is 13.5. The van der Waals surface area contributed by atoms with Gasteiger partial charge in [0.15, 0.2) is 0 Å². The summed E-state index contributed by atoms with van der Waals surface area (Å²) in [7, 11) is 0. The summed E-state index contributed by atoms with van der Waals surface area (Å²) < 4.78 is 0. The second-order valence-corrected chi connectivity index (χ2v) is 6.42. The van der Waals surface area contributed by atoms with E-state index in [9.17, 15) is 0 Å². The van der Waals surface area contributed by atoms with E-state index < -0.39 is 0 Å². The van der Waals surface area contributed by atoms with Crippen molar-refractivity contribution in [1.29, 1.82) is 0 Å². The molecule has 112 valence electrons. The molecule has 1 fully saturated rings. The molecule has 0 atom stereocenters. The van der Waals surface area contributed by atoms with Crippen molar-refractivity contribution >= 4 is 5.82 Å². The van der Waals surface area contributed by atoms with Gasteiger partial charge in [-0.15, -0.1) is 0 Å². The highest BCUT2D eigenvalue weighted by atomic mass is 15.2. The van der Waals surface area contributed by atoms with Gasteiger partial charge in [-0.2, -0.15) is 0 Å². The van der Waals surface area contributed by atoms with E-state index in [2.05, 4.69) is 44.0 Å². The molecule has 0 aromatic carbocycles. The maximum atomic E-state index is 4.71.